The lowest BCUT2D eigenvalue weighted by molar-refractivity contribution is -0.122. The van der Waals surface area contributed by atoms with E-state index in [2.05, 4.69) is 48.5 Å². The Morgan fingerprint density at radius 1 is 0.500 bits per heavy atom. The number of hydrogen-bond donors (Lipinski definition) is 3. The van der Waals surface area contributed by atoms with E-state index in [1.807, 2.05) is 7.05 Å². The Bertz CT molecular complexity index is 582. The quantitative estimate of drug-likeness (QED) is 0.0625. The van der Waals surface area contributed by atoms with Crippen molar-refractivity contribution in [3.05, 3.63) is 0 Å². The minimum absolute atomic E-state index is 0.137. The molecule has 2 unspecified atom stereocenters. The standard InChI is InChI=1S/C38H78N4O2/c1-6-8-10-12-14-16-18-20-22-24-27-35(3)40-37(43)29-33-42(32-26-31-39-5)34-30-38(44)41-36(4)28-25-23-21-19-17-15-13-11-9-7-2/h35-36,39H,6-34H2,1-5H3,(H,40,43)(H,41,44). The van der Waals surface area contributed by atoms with Crippen molar-refractivity contribution in [3.8, 4) is 0 Å². The van der Waals surface area contributed by atoms with Crippen molar-refractivity contribution in [3.63, 3.8) is 0 Å². The first-order chi connectivity index (χ1) is 21.4. The molecule has 0 aliphatic heterocycles. The predicted octanol–water partition coefficient (Wildman–Crippen LogP) is 9.31. The molecule has 0 aliphatic carbocycles. The van der Waals surface area contributed by atoms with Crippen LogP contribution >= 0.6 is 0 Å². The van der Waals surface area contributed by atoms with Gasteiger partial charge in [-0.05, 0) is 53.2 Å². The molecule has 0 bridgehead atoms. The molecular weight excluding hydrogens is 544 g/mol. The van der Waals surface area contributed by atoms with Crippen molar-refractivity contribution in [2.45, 2.75) is 200 Å². The van der Waals surface area contributed by atoms with Crippen LogP contribution in [0.1, 0.15) is 188 Å². The van der Waals surface area contributed by atoms with Crippen LogP contribution in [0.2, 0.25) is 0 Å². The Hall–Kier alpha value is -1.14. The number of rotatable bonds is 34. The van der Waals surface area contributed by atoms with Gasteiger partial charge in [0.05, 0.1) is 0 Å². The average Bonchev–Trinajstić information content (AvgIpc) is 3.00. The van der Waals surface area contributed by atoms with E-state index in [1.165, 1.54) is 128 Å². The molecule has 0 saturated heterocycles. The fourth-order valence-electron chi connectivity index (χ4n) is 6.05. The molecule has 0 spiro atoms. The minimum Gasteiger partial charge on any atom is -0.354 e. The molecular formula is C38H78N4O2. The monoisotopic (exact) mass is 623 g/mol. The highest BCUT2D eigenvalue weighted by Crippen LogP contribution is 2.13. The molecule has 0 aromatic rings. The summed E-state index contributed by atoms with van der Waals surface area (Å²) in [5.41, 5.74) is 0. The molecule has 0 aromatic heterocycles. The lowest BCUT2D eigenvalue weighted by atomic mass is 10.0. The molecule has 262 valence electrons. The summed E-state index contributed by atoms with van der Waals surface area (Å²) in [5, 5.41) is 9.64. The van der Waals surface area contributed by atoms with Crippen LogP contribution in [0.3, 0.4) is 0 Å². The van der Waals surface area contributed by atoms with Gasteiger partial charge in [0.15, 0.2) is 0 Å². The van der Waals surface area contributed by atoms with Crippen LogP contribution in [0.25, 0.3) is 0 Å². The Labute approximate surface area is 275 Å². The van der Waals surface area contributed by atoms with Gasteiger partial charge in [-0.1, -0.05) is 142 Å². The summed E-state index contributed by atoms with van der Waals surface area (Å²) >= 11 is 0. The van der Waals surface area contributed by atoms with E-state index in [0.29, 0.717) is 25.9 Å². The highest BCUT2D eigenvalue weighted by atomic mass is 16.2. The second-order valence-electron chi connectivity index (χ2n) is 13.7. The van der Waals surface area contributed by atoms with Crippen molar-refractivity contribution in [2.24, 2.45) is 0 Å². The van der Waals surface area contributed by atoms with E-state index >= 15 is 0 Å². The van der Waals surface area contributed by atoms with Gasteiger partial charge in [0.2, 0.25) is 11.8 Å². The Morgan fingerprint density at radius 2 is 0.841 bits per heavy atom. The highest BCUT2D eigenvalue weighted by molar-refractivity contribution is 5.77. The number of carbonyl (C=O) groups excluding carboxylic acids is 2. The van der Waals surface area contributed by atoms with Gasteiger partial charge >= 0.3 is 0 Å². The molecule has 0 aliphatic rings. The minimum atomic E-state index is 0.137. The topological polar surface area (TPSA) is 73.5 Å². The van der Waals surface area contributed by atoms with E-state index in [1.54, 1.807) is 0 Å². The van der Waals surface area contributed by atoms with Crippen LogP contribution in [0.15, 0.2) is 0 Å². The molecule has 2 atom stereocenters. The molecule has 44 heavy (non-hydrogen) atoms. The van der Waals surface area contributed by atoms with Gasteiger partial charge < -0.3 is 20.9 Å². The Balaban J connectivity index is 4.06. The van der Waals surface area contributed by atoms with Crippen LogP contribution in [-0.2, 0) is 9.59 Å². The van der Waals surface area contributed by atoms with Crippen LogP contribution in [0, 0.1) is 0 Å². The summed E-state index contributed by atoms with van der Waals surface area (Å²) in [6, 6.07) is 0.467. The summed E-state index contributed by atoms with van der Waals surface area (Å²) in [4.78, 5) is 27.6. The summed E-state index contributed by atoms with van der Waals surface area (Å²) in [5.74, 6) is 0.274. The van der Waals surface area contributed by atoms with Gasteiger partial charge in [0.25, 0.3) is 0 Å². The maximum absolute atomic E-state index is 12.7. The van der Waals surface area contributed by atoms with E-state index < -0.39 is 0 Å². The van der Waals surface area contributed by atoms with Crippen molar-refractivity contribution >= 4 is 11.8 Å². The average molecular weight is 623 g/mol. The maximum atomic E-state index is 12.7. The number of carbonyl (C=O) groups is 2. The summed E-state index contributed by atoms with van der Waals surface area (Å²) in [6.07, 6.45) is 31.0. The number of unbranched alkanes of at least 4 members (excludes halogenated alkanes) is 18. The van der Waals surface area contributed by atoms with Crippen LogP contribution in [0.5, 0.6) is 0 Å². The van der Waals surface area contributed by atoms with Crippen LogP contribution < -0.4 is 16.0 Å². The number of nitrogens with zero attached hydrogens (tertiary/aromatic N) is 1. The lowest BCUT2D eigenvalue weighted by Crippen LogP contribution is -2.38. The molecule has 0 radical (unpaired) electrons. The van der Waals surface area contributed by atoms with Gasteiger partial charge in [-0.2, -0.15) is 0 Å². The molecule has 0 aromatic carbocycles. The van der Waals surface area contributed by atoms with Crippen LogP contribution in [-0.4, -0.2) is 62.0 Å². The van der Waals surface area contributed by atoms with E-state index in [9.17, 15) is 9.59 Å². The third-order valence-electron chi connectivity index (χ3n) is 9.01. The van der Waals surface area contributed by atoms with Gasteiger partial charge in [0, 0.05) is 38.0 Å². The Kier molecular flexibility index (Phi) is 32.4. The number of hydrogen-bond acceptors (Lipinski definition) is 4. The lowest BCUT2D eigenvalue weighted by Gasteiger charge is -2.23. The highest BCUT2D eigenvalue weighted by Gasteiger charge is 2.14. The van der Waals surface area contributed by atoms with Crippen molar-refractivity contribution in [1.29, 1.82) is 0 Å². The molecule has 0 fully saturated rings. The molecule has 0 rings (SSSR count). The van der Waals surface area contributed by atoms with E-state index in [4.69, 9.17) is 0 Å². The third-order valence-corrected chi connectivity index (χ3v) is 9.01. The van der Waals surface area contributed by atoms with Gasteiger partial charge in [-0.15, -0.1) is 0 Å². The molecule has 3 N–H and O–H groups in total. The first-order valence-electron chi connectivity index (χ1n) is 19.4. The molecule has 2 amide bonds. The summed E-state index contributed by atoms with van der Waals surface area (Å²) < 4.78 is 0. The molecule has 6 nitrogen and oxygen atoms in total. The maximum Gasteiger partial charge on any atom is 0.221 e. The van der Waals surface area contributed by atoms with Crippen LogP contribution in [0.4, 0.5) is 0 Å². The fourth-order valence-corrected chi connectivity index (χ4v) is 6.05. The third kappa shape index (κ3) is 30.9. The summed E-state index contributed by atoms with van der Waals surface area (Å²) in [7, 11) is 1.97. The fraction of sp³-hybridized carbons (Fsp3) is 0.947. The zero-order valence-corrected chi connectivity index (χ0v) is 30.4. The molecule has 0 saturated carbocycles. The van der Waals surface area contributed by atoms with Gasteiger partial charge in [0.1, 0.15) is 0 Å². The first-order valence-corrected chi connectivity index (χ1v) is 19.4. The van der Waals surface area contributed by atoms with Gasteiger partial charge in [-0.25, -0.2) is 0 Å². The van der Waals surface area contributed by atoms with Crippen molar-refractivity contribution in [1.82, 2.24) is 20.9 Å². The molecule has 0 heterocycles. The zero-order chi connectivity index (χ0) is 32.5. The Morgan fingerprint density at radius 3 is 1.18 bits per heavy atom. The van der Waals surface area contributed by atoms with Gasteiger partial charge in [-0.3, -0.25) is 9.59 Å². The second-order valence-corrected chi connectivity index (χ2v) is 13.7. The first kappa shape index (κ1) is 42.9. The predicted molar refractivity (Wildman–Crippen MR) is 192 cm³/mol. The molecule has 6 heteroatoms. The van der Waals surface area contributed by atoms with Crippen molar-refractivity contribution in [2.75, 3.05) is 33.2 Å². The number of nitrogens with one attached hydrogen (secondary N) is 3. The normalized spacial score (nSPS) is 12.9. The second kappa shape index (κ2) is 33.2. The van der Waals surface area contributed by atoms with E-state index in [-0.39, 0.29) is 23.9 Å². The number of amides is 2. The SMILES string of the molecule is CCCCCCCCCCCCC(C)NC(=O)CCN(CCCNC)CCC(=O)NC(C)CCCCCCCCCCCC. The zero-order valence-electron chi connectivity index (χ0n) is 30.4. The van der Waals surface area contributed by atoms with Crippen molar-refractivity contribution < 1.29 is 9.59 Å². The largest absolute Gasteiger partial charge is 0.354 e. The van der Waals surface area contributed by atoms with E-state index in [0.717, 1.165) is 32.4 Å². The smallest absolute Gasteiger partial charge is 0.221 e. The summed E-state index contributed by atoms with van der Waals surface area (Å²) in [6.45, 7) is 12.1.